The van der Waals surface area contributed by atoms with Gasteiger partial charge in [0.05, 0.1) is 7.11 Å². The predicted molar refractivity (Wildman–Crippen MR) is 56.7 cm³/mol. The van der Waals surface area contributed by atoms with Crippen molar-refractivity contribution in [2.24, 2.45) is 11.8 Å². The topological polar surface area (TPSA) is 26.3 Å². The molecule has 0 aromatic heterocycles. The summed E-state index contributed by atoms with van der Waals surface area (Å²) in [5.41, 5.74) is 0. The van der Waals surface area contributed by atoms with Crippen LogP contribution in [0.1, 0.15) is 13.3 Å². The van der Waals surface area contributed by atoms with E-state index in [0.29, 0.717) is 11.8 Å². The van der Waals surface area contributed by atoms with Crippen molar-refractivity contribution >= 4 is 5.97 Å². The molecule has 2 nitrogen and oxygen atoms in total. The lowest BCUT2D eigenvalue weighted by Crippen LogP contribution is -2.04. The van der Waals surface area contributed by atoms with Crippen LogP contribution < -0.4 is 0 Å². The van der Waals surface area contributed by atoms with Crippen molar-refractivity contribution < 1.29 is 9.53 Å². The minimum atomic E-state index is -0.283. The Morgan fingerprint density at radius 2 is 2.14 bits per heavy atom. The summed E-state index contributed by atoms with van der Waals surface area (Å²) in [5, 5.41) is 0. The zero-order valence-electron chi connectivity index (χ0n) is 8.64. The lowest BCUT2D eigenvalue weighted by atomic mass is 9.92. The summed E-state index contributed by atoms with van der Waals surface area (Å²) in [7, 11) is 1.39. The quantitative estimate of drug-likeness (QED) is 0.505. The van der Waals surface area contributed by atoms with Gasteiger partial charge in [-0.15, -0.1) is 0 Å². The van der Waals surface area contributed by atoms with Crippen LogP contribution in [0.15, 0.2) is 36.5 Å². The predicted octanol–water partition coefficient (Wildman–Crippen LogP) is 2.48. The number of rotatable bonds is 4. The Bertz CT molecular complexity index is 262. The Kier molecular flexibility index (Phi) is 4.17. The Morgan fingerprint density at radius 1 is 1.50 bits per heavy atom. The van der Waals surface area contributed by atoms with Crippen molar-refractivity contribution in [1.82, 2.24) is 0 Å². The second kappa shape index (κ2) is 5.43. The largest absolute Gasteiger partial charge is 0.466 e. The first-order valence-corrected chi connectivity index (χ1v) is 4.83. The molecule has 0 aromatic carbocycles. The van der Waals surface area contributed by atoms with Gasteiger partial charge in [0.2, 0.25) is 0 Å². The molecule has 14 heavy (non-hydrogen) atoms. The van der Waals surface area contributed by atoms with Crippen LogP contribution in [0.4, 0.5) is 0 Å². The van der Waals surface area contributed by atoms with E-state index in [-0.39, 0.29) is 5.97 Å². The molecule has 0 fully saturated rings. The Hall–Kier alpha value is -1.31. The van der Waals surface area contributed by atoms with Crippen molar-refractivity contribution in [3.8, 4) is 0 Å². The number of hydrogen-bond donors (Lipinski definition) is 0. The SMILES string of the molecule is COC(=O)/C=C/CC(C)C1C=CC=C1. The minimum Gasteiger partial charge on any atom is -0.466 e. The first kappa shape index (κ1) is 10.8. The summed E-state index contributed by atoms with van der Waals surface area (Å²) >= 11 is 0. The van der Waals surface area contributed by atoms with Crippen LogP contribution in [-0.2, 0) is 9.53 Å². The van der Waals surface area contributed by atoms with Crippen LogP contribution in [0.3, 0.4) is 0 Å². The maximum absolute atomic E-state index is 10.8. The van der Waals surface area contributed by atoms with Crippen LogP contribution in [0.25, 0.3) is 0 Å². The Balaban J connectivity index is 2.30. The molecular weight excluding hydrogens is 176 g/mol. The van der Waals surface area contributed by atoms with E-state index in [4.69, 9.17) is 0 Å². The van der Waals surface area contributed by atoms with Gasteiger partial charge in [0.15, 0.2) is 0 Å². The average Bonchev–Trinajstić information content (AvgIpc) is 2.70. The third kappa shape index (κ3) is 3.21. The second-order valence-corrected chi connectivity index (χ2v) is 3.49. The first-order chi connectivity index (χ1) is 6.74. The van der Waals surface area contributed by atoms with Gasteiger partial charge in [-0.25, -0.2) is 4.79 Å². The number of ether oxygens (including phenoxy) is 1. The highest BCUT2D eigenvalue weighted by molar-refractivity contribution is 5.81. The average molecular weight is 192 g/mol. The molecule has 1 aliphatic rings. The molecule has 0 heterocycles. The van der Waals surface area contributed by atoms with Crippen LogP contribution in [-0.4, -0.2) is 13.1 Å². The molecule has 0 bridgehead atoms. The molecule has 0 aliphatic heterocycles. The standard InChI is InChI=1S/C12H16O2/c1-10(11-7-3-4-8-11)6-5-9-12(13)14-2/h3-5,7-11H,6H2,1-2H3/b9-5+. The third-order valence-corrected chi connectivity index (χ3v) is 2.40. The molecule has 0 saturated heterocycles. The molecule has 1 aliphatic carbocycles. The zero-order valence-corrected chi connectivity index (χ0v) is 8.64. The van der Waals surface area contributed by atoms with Crippen molar-refractivity contribution in [1.29, 1.82) is 0 Å². The fraction of sp³-hybridized carbons (Fsp3) is 0.417. The highest BCUT2D eigenvalue weighted by Crippen LogP contribution is 2.22. The number of methoxy groups -OCH3 is 1. The van der Waals surface area contributed by atoms with Gasteiger partial charge in [-0.1, -0.05) is 37.3 Å². The van der Waals surface area contributed by atoms with E-state index in [1.165, 1.54) is 13.2 Å². The molecule has 0 radical (unpaired) electrons. The zero-order chi connectivity index (χ0) is 10.4. The van der Waals surface area contributed by atoms with E-state index < -0.39 is 0 Å². The fourth-order valence-electron chi connectivity index (χ4n) is 1.43. The number of carbonyl (C=O) groups excluding carboxylic acids is 1. The van der Waals surface area contributed by atoms with E-state index in [0.717, 1.165) is 6.42 Å². The van der Waals surface area contributed by atoms with Gasteiger partial charge >= 0.3 is 5.97 Å². The minimum absolute atomic E-state index is 0.283. The summed E-state index contributed by atoms with van der Waals surface area (Å²) < 4.78 is 4.50. The highest BCUT2D eigenvalue weighted by Gasteiger charge is 2.11. The maximum Gasteiger partial charge on any atom is 0.330 e. The number of allylic oxidation sites excluding steroid dienone is 5. The molecule has 1 rings (SSSR count). The molecule has 2 heteroatoms. The summed E-state index contributed by atoms with van der Waals surface area (Å²) in [6, 6.07) is 0. The summed E-state index contributed by atoms with van der Waals surface area (Å²) in [6.45, 7) is 2.17. The normalized spacial score (nSPS) is 17.9. The maximum atomic E-state index is 10.8. The second-order valence-electron chi connectivity index (χ2n) is 3.49. The van der Waals surface area contributed by atoms with Crippen molar-refractivity contribution in [3.63, 3.8) is 0 Å². The van der Waals surface area contributed by atoms with Crippen LogP contribution >= 0.6 is 0 Å². The molecule has 0 N–H and O–H groups in total. The van der Waals surface area contributed by atoms with E-state index in [9.17, 15) is 4.79 Å². The molecule has 0 aromatic rings. The van der Waals surface area contributed by atoms with Gasteiger partial charge in [0, 0.05) is 6.08 Å². The number of carbonyl (C=O) groups is 1. The number of esters is 1. The van der Waals surface area contributed by atoms with E-state index in [2.05, 4.69) is 36.0 Å². The lowest BCUT2D eigenvalue weighted by Gasteiger charge is -2.12. The fourth-order valence-corrected chi connectivity index (χ4v) is 1.43. The number of hydrogen-bond acceptors (Lipinski definition) is 2. The molecule has 1 unspecified atom stereocenters. The Labute approximate surface area is 85.0 Å². The molecule has 0 amide bonds. The monoisotopic (exact) mass is 192 g/mol. The van der Waals surface area contributed by atoms with Gasteiger partial charge < -0.3 is 4.74 Å². The molecule has 1 atom stereocenters. The van der Waals surface area contributed by atoms with Gasteiger partial charge in [0.1, 0.15) is 0 Å². The summed E-state index contributed by atoms with van der Waals surface area (Å²) in [4.78, 5) is 10.8. The molecule has 76 valence electrons. The van der Waals surface area contributed by atoms with Gasteiger partial charge in [-0.05, 0) is 18.3 Å². The van der Waals surface area contributed by atoms with Crippen molar-refractivity contribution in [2.75, 3.05) is 7.11 Å². The van der Waals surface area contributed by atoms with Gasteiger partial charge in [-0.2, -0.15) is 0 Å². The van der Waals surface area contributed by atoms with Gasteiger partial charge in [-0.3, -0.25) is 0 Å². The van der Waals surface area contributed by atoms with Crippen LogP contribution in [0.2, 0.25) is 0 Å². The Morgan fingerprint density at radius 3 is 2.71 bits per heavy atom. The van der Waals surface area contributed by atoms with Crippen molar-refractivity contribution in [3.05, 3.63) is 36.5 Å². The summed E-state index contributed by atoms with van der Waals surface area (Å²) in [5.74, 6) is 0.762. The molecule has 0 saturated carbocycles. The lowest BCUT2D eigenvalue weighted by molar-refractivity contribution is -0.134. The van der Waals surface area contributed by atoms with E-state index in [1.807, 2.05) is 6.08 Å². The van der Waals surface area contributed by atoms with Crippen molar-refractivity contribution in [2.45, 2.75) is 13.3 Å². The van der Waals surface area contributed by atoms with Gasteiger partial charge in [0.25, 0.3) is 0 Å². The van der Waals surface area contributed by atoms with E-state index in [1.54, 1.807) is 0 Å². The molecular formula is C12H16O2. The first-order valence-electron chi connectivity index (χ1n) is 4.83. The smallest absolute Gasteiger partial charge is 0.330 e. The molecule has 0 spiro atoms. The summed E-state index contributed by atoms with van der Waals surface area (Å²) in [6.07, 6.45) is 12.7. The third-order valence-electron chi connectivity index (χ3n) is 2.40. The highest BCUT2D eigenvalue weighted by atomic mass is 16.5. The van der Waals surface area contributed by atoms with Crippen LogP contribution in [0.5, 0.6) is 0 Å². The van der Waals surface area contributed by atoms with Crippen LogP contribution in [0, 0.1) is 11.8 Å². The van der Waals surface area contributed by atoms with E-state index >= 15 is 0 Å².